The highest BCUT2D eigenvalue weighted by atomic mass is 35.5. The molecule has 0 aliphatic heterocycles. The monoisotopic (exact) mass is 514 g/mol. The second kappa shape index (κ2) is 9.99. The van der Waals surface area contributed by atoms with Crippen LogP contribution in [-0.4, -0.2) is 21.3 Å². The van der Waals surface area contributed by atoms with E-state index in [0.29, 0.717) is 16.6 Å². The van der Waals surface area contributed by atoms with E-state index in [4.69, 9.17) is 16.7 Å². The molecule has 0 atom stereocenters. The molecule has 36 heavy (non-hydrogen) atoms. The quantitative estimate of drug-likeness (QED) is 0.156. The van der Waals surface area contributed by atoms with E-state index < -0.39 is 23.5 Å². The Labute approximate surface area is 208 Å². The Bertz CT molecular complexity index is 1500. The summed E-state index contributed by atoms with van der Waals surface area (Å²) in [6.45, 7) is 1.70. The third-order valence-corrected chi connectivity index (χ3v) is 5.95. The van der Waals surface area contributed by atoms with Crippen LogP contribution in [0.4, 0.5) is 17.6 Å². The Balaban J connectivity index is 2.04. The van der Waals surface area contributed by atoms with Gasteiger partial charge in [-0.3, -0.25) is 5.10 Å². The van der Waals surface area contributed by atoms with Gasteiger partial charge in [0.15, 0.2) is 0 Å². The zero-order valence-electron chi connectivity index (χ0n) is 18.8. The molecule has 0 aliphatic rings. The van der Waals surface area contributed by atoms with E-state index in [2.05, 4.69) is 10.2 Å². The predicted molar refractivity (Wildman–Crippen MR) is 132 cm³/mol. The lowest BCUT2D eigenvalue weighted by molar-refractivity contribution is -0.137. The molecule has 4 nitrogen and oxygen atoms in total. The molecule has 184 valence electrons. The number of hydrogen-bond acceptors (Lipinski definition) is 2. The number of H-pyrrole nitrogens is 1. The summed E-state index contributed by atoms with van der Waals surface area (Å²) in [6.07, 6.45) is -0.858. The molecule has 2 N–H and O–H groups in total. The first-order valence-electron chi connectivity index (χ1n) is 10.8. The molecule has 0 unspecified atom stereocenters. The number of nitrogens with zero attached hydrogens (tertiary/aromatic N) is 1. The van der Waals surface area contributed by atoms with Crippen molar-refractivity contribution in [2.24, 2.45) is 0 Å². The smallest absolute Gasteiger partial charge is 0.417 e. The summed E-state index contributed by atoms with van der Waals surface area (Å²) in [5, 5.41) is 15.5. The van der Waals surface area contributed by atoms with Crippen LogP contribution in [0.25, 0.3) is 28.1 Å². The Kier molecular flexibility index (Phi) is 6.99. The lowest BCUT2D eigenvalue weighted by atomic mass is 9.85. The molecule has 3 aromatic carbocycles. The minimum absolute atomic E-state index is 0.0661. The molecule has 1 heterocycles. The molecule has 0 saturated carbocycles. The van der Waals surface area contributed by atoms with Crippen molar-refractivity contribution >= 4 is 45.7 Å². The van der Waals surface area contributed by atoms with Crippen LogP contribution in [0.5, 0.6) is 0 Å². The highest BCUT2D eigenvalue weighted by molar-refractivity contribution is 6.30. The second-order valence-corrected chi connectivity index (χ2v) is 8.38. The summed E-state index contributed by atoms with van der Waals surface area (Å²) in [5.41, 5.74) is 1.11. The molecular formula is C27H19ClF4N2O2. The van der Waals surface area contributed by atoms with E-state index in [-0.39, 0.29) is 39.1 Å². The molecule has 0 bridgehead atoms. The van der Waals surface area contributed by atoms with Gasteiger partial charge in [-0.05, 0) is 64.6 Å². The number of aromatic nitrogens is 2. The number of aliphatic carboxylic acids is 1. The van der Waals surface area contributed by atoms with Crippen LogP contribution >= 0.6 is 11.6 Å². The van der Waals surface area contributed by atoms with Crippen LogP contribution in [0.1, 0.15) is 41.2 Å². The van der Waals surface area contributed by atoms with E-state index >= 15 is 4.39 Å². The SMILES string of the molecule is CCC(=C(c1ccc(C=CC(=O)O)cc1)c1ccc2[nH]ncc2c1F)c1ccc(Cl)cc1C(F)(F)F. The number of benzene rings is 3. The van der Waals surface area contributed by atoms with Crippen molar-refractivity contribution in [2.75, 3.05) is 0 Å². The van der Waals surface area contributed by atoms with Gasteiger partial charge in [0.25, 0.3) is 0 Å². The Morgan fingerprint density at radius 2 is 1.78 bits per heavy atom. The fourth-order valence-corrected chi connectivity index (χ4v) is 4.28. The highest BCUT2D eigenvalue weighted by Crippen LogP contribution is 2.42. The van der Waals surface area contributed by atoms with Gasteiger partial charge in [0.2, 0.25) is 0 Å². The minimum atomic E-state index is -4.69. The van der Waals surface area contributed by atoms with Crippen LogP contribution in [0.3, 0.4) is 0 Å². The lowest BCUT2D eigenvalue weighted by Crippen LogP contribution is -2.10. The molecule has 4 aromatic rings. The van der Waals surface area contributed by atoms with Crippen LogP contribution in [0.2, 0.25) is 5.02 Å². The van der Waals surface area contributed by atoms with Crippen molar-refractivity contribution in [2.45, 2.75) is 19.5 Å². The summed E-state index contributed by atoms with van der Waals surface area (Å²) in [6, 6.07) is 13.1. The van der Waals surface area contributed by atoms with Gasteiger partial charge in [-0.25, -0.2) is 9.18 Å². The van der Waals surface area contributed by atoms with Crippen LogP contribution < -0.4 is 0 Å². The summed E-state index contributed by atoms with van der Waals surface area (Å²) in [7, 11) is 0. The molecule has 0 aliphatic carbocycles. The zero-order chi connectivity index (χ0) is 26.0. The molecule has 9 heteroatoms. The first-order chi connectivity index (χ1) is 17.1. The van der Waals surface area contributed by atoms with Gasteiger partial charge in [0.1, 0.15) is 5.82 Å². The van der Waals surface area contributed by atoms with E-state index in [1.54, 1.807) is 37.3 Å². The lowest BCUT2D eigenvalue weighted by Gasteiger charge is -2.21. The number of halogens is 5. The van der Waals surface area contributed by atoms with Crippen molar-refractivity contribution in [3.8, 4) is 0 Å². The van der Waals surface area contributed by atoms with E-state index in [1.807, 2.05) is 0 Å². The number of hydrogen-bond donors (Lipinski definition) is 2. The molecule has 0 saturated heterocycles. The zero-order valence-corrected chi connectivity index (χ0v) is 19.6. The summed E-state index contributed by atoms with van der Waals surface area (Å²) in [4.78, 5) is 10.8. The van der Waals surface area contributed by atoms with Gasteiger partial charge in [-0.2, -0.15) is 18.3 Å². The normalized spacial score (nSPS) is 12.8. The fraction of sp³-hybridized carbons (Fsp3) is 0.111. The largest absolute Gasteiger partial charge is 0.478 e. The van der Waals surface area contributed by atoms with Gasteiger partial charge in [0.05, 0.1) is 22.7 Å². The molecule has 0 spiro atoms. The number of nitrogens with one attached hydrogen (secondary N) is 1. The van der Waals surface area contributed by atoms with Crippen molar-refractivity contribution in [3.63, 3.8) is 0 Å². The van der Waals surface area contributed by atoms with Gasteiger partial charge in [0, 0.05) is 16.7 Å². The number of carbonyl (C=O) groups is 1. The van der Waals surface area contributed by atoms with E-state index in [9.17, 15) is 18.0 Å². The third-order valence-electron chi connectivity index (χ3n) is 5.71. The maximum absolute atomic E-state index is 15.7. The molecule has 1 aromatic heterocycles. The predicted octanol–water partition coefficient (Wildman–Crippen LogP) is 7.84. The maximum atomic E-state index is 15.7. The molecule has 0 amide bonds. The van der Waals surface area contributed by atoms with Crippen LogP contribution in [0, 0.1) is 5.82 Å². The van der Waals surface area contributed by atoms with E-state index in [1.165, 1.54) is 30.5 Å². The standard InChI is InChI=1S/C27H19ClF4N2O2/c1-2-18(19-9-8-17(28)13-22(19)27(30,31)32)25(16-6-3-15(4-7-16)5-12-24(35)36)20-10-11-23-21(26(20)29)14-33-34-23/h3-14H,2H2,1H3,(H,33,34)(H,35,36). The topological polar surface area (TPSA) is 66.0 Å². The first-order valence-corrected chi connectivity index (χ1v) is 11.2. The molecule has 0 fully saturated rings. The Morgan fingerprint density at radius 3 is 2.42 bits per heavy atom. The summed E-state index contributed by atoms with van der Waals surface area (Å²) < 4.78 is 57.8. The third kappa shape index (κ3) is 5.04. The van der Waals surface area contributed by atoms with Crippen molar-refractivity contribution in [3.05, 3.63) is 106 Å². The van der Waals surface area contributed by atoms with Gasteiger partial charge < -0.3 is 5.11 Å². The number of aromatic amines is 1. The maximum Gasteiger partial charge on any atom is 0.417 e. The molecule has 4 rings (SSSR count). The van der Waals surface area contributed by atoms with Crippen molar-refractivity contribution in [1.82, 2.24) is 10.2 Å². The van der Waals surface area contributed by atoms with Crippen LogP contribution in [0.15, 0.2) is 66.9 Å². The van der Waals surface area contributed by atoms with Gasteiger partial charge >= 0.3 is 12.1 Å². The first kappa shape index (κ1) is 25.2. The van der Waals surface area contributed by atoms with Crippen molar-refractivity contribution < 1.29 is 27.5 Å². The summed E-state index contributed by atoms with van der Waals surface area (Å²) >= 11 is 5.90. The number of carboxylic acids is 1. The minimum Gasteiger partial charge on any atom is -0.478 e. The molecular weight excluding hydrogens is 496 g/mol. The number of allylic oxidation sites excluding steroid dienone is 1. The highest BCUT2D eigenvalue weighted by Gasteiger charge is 2.35. The van der Waals surface area contributed by atoms with Gasteiger partial charge in [-0.15, -0.1) is 0 Å². The molecule has 0 radical (unpaired) electrons. The average molecular weight is 515 g/mol. The number of alkyl halides is 3. The second-order valence-electron chi connectivity index (χ2n) is 7.95. The van der Waals surface area contributed by atoms with Gasteiger partial charge in [-0.1, -0.05) is 48.9 Å². The number of carboxylic acid groups (broad SMARTS) is 1. The average Bonchev–Trinajstić information content (AvgIpc) is 3.32. The van der Waals surface area contributed by atoms with E-state index in [0.717, 1.165) is 12.1 Å². The van der Waals surface area contributed by atoms with Crippen LogP contribution in [-0.2, 0) is 11.0 Å². The van der Waals surface area contributed by atoms with Crippen molar-refractivity contribution in [1.29, 1.82) is 0 Å². The number of fused-ring (bicyclic) bond motifs is 1. The Hall–Kier alpha value is -3.91. The summed E-state index contributed by atoms with van der Waals surface area (Å²) in [5.74, 6) is -1.74. The number of rotatable bonds is 6. The Morgan fingerprint density at radius 1 is 1.08 bits per heavy atom. The fourth-order valence-electron chi connectivity index (χ4n) is 4.11.